The molecule has 2 unspecified atom stereocenters. The molecule has 2 aliphatic heterocycles. The van der Waals surface area contributed by atoms with Gasteiger partial charge in [0.1, 0.15) is 5.75 Å². The summed E-state index contributed by atoms with van der Waals surface area (Å²) < 4.78 is 10.7. The number of amides is 1. The number of hydrogen-bond acceptors (Lipinski definition) is 5. The maximum atomic E-state index is 12.5. The SMILES string of the molecule is COc1ccc2[nH]c(OC(=O)Nc3ccc(N4CCC(CN5CCCC5C)C4)cc3C)cc2c1. The second-order valence-electron chi connectivity index (χ2n) is 9.69. The summed E-state index contributed by atoms with van der Waals surface area (Å²) >= 11 is 0. The maximum absolute atomic E-state index is 12.5. The molecule has 2 aliphatic rings. The zero-order chi connectivity index (χ0) is 23.7. The highest BCUT2D eigenvalue weighted by molar-refractivity contribution is 5.89. The van der Waals surface area contributed by atoms with Crippen molar-refractivity contribution >= 4 is 28.4 Å². The Kier molecular flexibility index (Phi) is 6.37. The van der Waals surface area contributed by atoms with Crippen molar-refractivity contribution < 1.29 is 14.3 Å². The molecule has 0 aliphatic carbocycles. The van der Waals surface area contributed by atoms with Gasteiger partial charge in [0.05, 0.1) is 7.11 Å². The van der Waals surface area contributed by atoms with Crippen LogP contribution in [0.25, 0.3) is 10.9 Å². The summed E-state index contributed by atoms with van der Waals surface area (Å²) in [4.78, 5) is 20.8. The third-order valence-electron chi connectivity index (χ3n) is 7.29. The van der Waals surface area contributed by atoms with E-state index in [1.165, 1.54) is 38.0 Å². The number of likely N-dealkylation sites (tertiary alicyclic amines) is 1. The number of fused-ring (bicyclic) bond motifs is 1. The van der Waals surface area contributed by atoms with Gasteiger partial charge < -0.3 is 24.3 Å². The van der Waals surface area contributed by atoms with Gasteiger partial charge >= 0.3 is 6.09 Å². The quantitative estimate of drug-likeness (QED) is 0.513. The van der Waals surface area contributed by atoms with E-state index in [1.54, 1.807) is 13.2 Å². The standard InChI is InChI=1S/C27H34N4O3/c1-18-13-22(31-12-10-20(17-31)16-30-11-4-5-19(30)2)6-8-24(18)29-27(32)34-26-15-21-14-23(33-3)7-9-25(21)28-26/h6-9,13-15,19-20,28H,4-5,10-12,16-17H2,1-3H3,(H,29,32). The van der Waals surface area contributed by atoms with Crippen molar-refractivity contribution in [1.82, 2.24) is 9.88 Å². The van der Waals surface area contributed by atoms with Crippen LogP contribution in [0.2, 0.25) is 0 Å². The molecule has 2 fully saturated rings. The zero-order valence-electron chi connectivity index (χ0n) is 20.3. The highest BCUT2D eigenvalue weighted by atomic mass is 16.6. The van der Waals surface area contributed by atoms with Crippen LogP contribution in [-0.2, 0) is 0 Å². The third-order valence-corrected chi connectivity index (χ3v) is 7.29. The van der Waals surface area contributed by atoms with Crippen LogP contribution in [0.4, 0.5) is 16.2 Å². The maximum Gasteiger partial charge on any atom is 0.418 e. The van der Waals surface area contributed by atoms with E-state index < -0.39 is 6.09 Å². The number of nitrogens with one attached hydrogen (secondary N) is 2. The Balaban J connectivity index is 1.18. The number of nitrogens with zero attached hydrogens (tertiary/aromatic N) is 2. The van der Waals surface area contributed by atoms with E-state index in [-0.39, 0.29) is 0 Å². The van der Waals surface area contributed by atoms with Crippen molar-refractivity contribution in [2.45, 2.75) is 39.2 Å². The number of carbonyl (C=O) groups excluding carboxylic acids is 1. The fourth-order valence-corrected chi connectivity index (χ4v) is 5.30. The second kappa shape index (κ2) is 9.58. The molecule has 7 nitrogen and oxygen atoms in total. The summed E-state index contributed by atoms with van der Waals surface area (Å²) in [6, 6.07) is 14.4. The molecule has 0 radical (unpaired) electrons. The lowest BCUT2D eigenvalue weighted by molar-refractivity contribution is 0.213. The molecule has 0 bridgehead atoms. The molecule has 34 heavy (non-hydrogen) atoms. The smallest absolute Gasteiger partial charge is 0.418 e. The van der Waals surface area contributed by atoms with Gasteiger partial charge in [-0.2, -0.15) is 0 Å². The number of hydrogen-bond donors (Lipinski definition) is 2. The van der Waals surface area contributed by atoms with Gasteiger partial charge in [-0.05, 0) is 87.5 Å². The van der Waals surface area contributed by atoms with Crippen molar-refractivity contribution in [1.29, 1.82) is 0 Å². The van der Waals surface area contributed by atoms with Crippen LogP contribution in [0, 0.1) is 12.8 Å². The van der Waals surface area contributed by atoms with E-state index in [1.807, 2.05) is 31.2 Å². The van der Waals surface area contributed by atoms with Crippen molar-refractivity contribution in [3.05, 3.63) is 48.0 Å². The fraction of sp³-hybridized carbons (Fsp3) is 0.444. The predicted molar refractivity (Wildman–Crippen MR) is 136 cm³/mol. The monoisotopic (exact) mass is 462 g/mol. The molecule has 1 aromatic heterocycles. The van der Waals surface area contributed by atoms with Gasteiger partial charge in [0, 0.05) is 54.0 Å². The van der Waals surface area contributed by atoms with Gasteiger partial charge in [0.15, 0.2) is 0 Å². The molecule has 180 valence electrons. The van der Waals surface area contributed by atoms with E-state index in [4.69, 9.17) is 9.47 Å². The lowest BCUT2D eigenvalue weighted by Crippen LogP contribution is -2.33. The fourth-order valence-electron chi connectivity index (χ4n) is 5.30. The zero-order valence-corrected chi connectivity index (χ0v) is 20.3. The molecule has 5 rings (SSSR count). The number of benzene rings is 2. The van der Waals surface area contributed by atoms with Crippen LogP contribution in [0.5, 0.6) is 11.6 Å². The minimum atomic E-state index is -0.518. The van der Waals surface area contributed by atoms with Crippen molar-refractivity contribution in [3.63, 3.8) is 0 Å². The van der Waals surface area contributed by atoms with Crippen LogP contribution in [0.1, 0.15) is 31.7 Å². The van der Waals surface area contributed by atoms with E-state index in [0.29, 0.717) is 5.88 Å². The minimum Gasteiger partial charge on any atom is -0.497 e. The summed E-state index contributed by atoms with van der Waals surface area (Å²) in [5, 5.41) is 3.80. The van der Waals surface area contributed by atoms with Crippen LogP contribution in [0.15, 0.2) is 42.5 Å². The Bertz CT molecular complexity index is 1170. The molecule has 7 heteroatoms. The Morgan fingerprint density at radius 1 is 1.15 bits per heavy atom. The number of H-pyrrole nitrogens is 1. The van der Waals surface area contributed by atoms with Gasteiger partial charge in [0.2, 0.25) is 5.88 Å². The van der Waals surface area contributed by atoms with E-state index in [9.17, 15) is 4.79 Å². The average Bonchev–Trinajstić information content (AvgIpc) is 3.55. The Morgan fingerprint density at radius 2 is 2.03 bits per heavy atom. The first-order valence-corrected chi connectivity index (χ1v) is 12.2. The summed E-state index contributed by atoms with van der Waals surface area (Å²) in [6.45, 7) is 9.03. The third kappa shape index (κ3) is 4.85. The minimum absolute atomic E-state index is 0.394. The largest absolute Gasteiger partial charge is 0.497 e. The number of methoxy groups -OCH3 is 1. The van der Waals surface area contributed by atoms with Crippen LogP contribution in [-0.4, -0.2) is 55.3 Å². The lowest BCUT2D eigenvalue weighted by Gasteiger charge is -2.25. The predicted octanol–water partition coefficient (Wildman–Crippen LogP) is 5.41. The first-order valence-electron chi connectivity index (χ1n) is 12.2. The number of aromatic nitrogens is 1. The molecule has 2 atom stereocenters. The average molecular weight is 463 g/mol. The molecule has 2 saturated heterocycles. The number of carbonyl (C=O) groups is 1. The van der Waals surface area contributed by atoms with Gasteiger partial charge in [-0.25, -0.2) is 4.79 Å². The van der Waals surface area contributed by atoms with Crippen molar-refractivity contribution in [3.8, 4) is 11.6 Å². The summed E-state index contributed by atoms with van der Waals surface area (Å²) in [5.74, 6) is 1.88. The summed E-state index contributed by atoms with van der Waals surface area (Å²) in [7, 11) is 1.63. The summed E-state index contributed by atoms with van der Waals surface area (Å²) in [5.41, 5.74) is 3.88. The van der Waals surface area contributed by atoms with Gasteiger partial charge in [-0.3, -0.25) is 5.32 Å². The Labute approximate surface area is 201 Å². The highest BCUT2D eigenvalue weighted by Crippen LogP contribution is 2.30. The highest BCUT2D eigenvalue weighted by Gasteiger charge is 2.28. The van der Waals surface area contributed by atoms with Crippen LogP contribution in [0.3, 0.4) is 0 Å². The molecule has 2 aromatic carbocycles. The van der Waals surface area contributed by atoms with Gasteiger partial charge in [0.25, 0.3) is 0 Å². The first-order chi connectivity index (χ1) is 16.5. The van der Waals surface area contributed by atoms with E-state index in [2.05, 4.69) is 39.2 Å². The molecule has 1 amide bonds. The second-order valence-corrected chi connectivity index (χ2v) is 9.69. The van der Waals surface area contributed by atoms with E-state index in [0.717, 1.165) is 53.0 Å². The molecule has 0 saturated carbocycles. The molecule has 2 N–H and O–H groups in total. The van der Waals surface area contributed by atoms with Gasteiger partial charge in [-0.1, -0.05) is 0 Å². The Morgan fingerprint density at radius 3 is 2.79 bits per heavy atom. The van der Waals surface area contributed by atoms with E-state index >= 15 is 0 Å². The lowest BCUT2D eigenvalue weighted by atomic mass is 10.1. The molecular formula is C27H34N4O3. The summed E-state index contributed by atoms with van der Waals surface area (Å²) in [6.07, 6.45) is 3.39. The number of anilines is 2. The Hall–Kier alpha value is -3.19. The molecular weight excluding hydrogens is 428 g/mol. The van der Waals surface area contributed by atoms with Gasteiger partial charge in [-0.15, -0.1) is 0 Å². The van der Waals surface area contributed by atoms with Crippen LogP contribution >= 0.6 is 0 Å². The number of ether oxygens (including phenoxy) is 2. The number of aryl methyl sites for hydroxylation is 1. The molecule has 0 spiro atoms. The number of aromatic amines is 1. The number of rotatable bonds is 6. The van der Waals surface area contributed by atoms with Crippen molar-refractivity contribution in [2.24, 2.45) is 5.92 Å². The van der Waals surface area contributed by atoms with Crippen molar-refractivity contribution in [2.75, 3.05) is 43.5 Å². The molecule has 3 heterocycles. The first kappa shape index (κ1) is 22.6. The normalized spacial score (nSPS) is 20.7. The van der Waals surface area contributed by atoms with Crippen LogP contribution < -0.4 is 19.7 Å². The molecule has 3 aromatic rings. The topological polar surface area (TPSA) is 69.8 Å².